The second kappa shape index (κ2) is 6.96. The molecular weight excluding hydrogens is 421 g/mol. The highest BCUT2D eigenvalue weighted by Crippen LogP contribution is 2.22. The number of halogens is 1. The fraction of sp³-hybridized carbons (Fsp3) is 0.0556. The number of aliphatic imine (C=N–C) groups is 1. The van der Waals surface area contributed by atoms with Crippen molar-refractivity contribution < 1.29 is 19.1 Å². The molecule has 0 aromatic heterocycles. The van der Waals surface area contributed by atoms with Crippen molar-refractivity contribution in [1.29, 1.82) is 0 Å². The molecule has 0 N–H and O–H groups in total. The lowest BCUT2D eigenvalue weighted by Gasteiger charge is -2.01. The van der Waals surface area contributed by atoms with E-state index in [0.717, 1.165) is 14.7 Å². The van der Waals surface area contributed by atoms with E-state index in [0.29, 0.717) is 11.5 Å². The number of benzene rings is 2. The number of carbonyl (C=O) groups excluding carboxylic acids is 2. The summed E-state index contributed by atoms with van der Waals surface area (Å²) < 4.78 is 10.9. The van der Waals surface area contributed by atoms with Crippen LogP contribution in [0.4, 0.5) is 0 Å². The summed E-state index contributed by atoms with van der Waals surface area (Å²) in [6, 6.07) is 14.2. The van der Waals surface area contributed by atoms with Gasteiger partial charge in [-0.3, -0.25) is 0 Å². The summed E-state index contributed by atoms with van der Waals surface area (Å²) in [7, 11) is 1.33. The van der Waals surface area contributed by atoms with Gasteiger partial charge in [0.05, 0.1) is 18.2 Å². The zero-order valence-electron chi connectivity index (χ0n) is 12.7. The van der Waals surface area contributed by atoms with E-state index in [1.165, 1.54) is 7.11 Å². The Labute approximate surface area is 152 Å². The number of cyclic esters (lactones) is 1. The molecule has 0 radical (unpaired) electrons. The molecule has 5 nitrogen and oxygen atoms in total. The smallest absolute Gasteiger partial charge is 0.363 e. The molecule has 0 unspecified atom stereocenters. The third-order valence-corrected chi connectivity index (χ3v) is 4.30. The Kier molecular flexibility index (Phi) is 4.75. The van der Waals surface area contributed by atoms with Crippen LogP contribution >= 0.6 is 22.6 Å². The molecule has 3 rings (SSSR count). The second-order valence-corrected chi connectivity index (χ2v) is 6.09. The number of esters is 2. The molecule has 0 atom stereocenters. The van der Waals surface area contributed by atoms with Crippen molar-refractivity contribution >= 4 is 46.5 Å². The number of nitrogens with zero attached hydrogens (tertiary/aromatic N) is 1. The van der Waals surface area contributed by atoms with Crippen molar-refractivity contribution in [2.45, 2.75) is 0 Å². The van der Waals surface area contributed by atoms with E-state index in [1.807, 2.05) is 24.3 Å². The number of rotatable bonds is 3. The van der Waals surface area contributed by atoms with Crippen LogP contribution in [0.5, 0.6) is 0 Å². The van der Waals surface area contributed by atoms with E-state index in [1.54, 1.807) is 30.3 Å². The highest BCUT2D eigenvalue weighted by molar-refractivity contribution is 14.1. The Hall–Kier alpha value is -2.48. The lowest BCUT2D eigenvalue weighted by Crippen LogP contribution is -2.06. The molecule has 0 saturated heterocycles. The maximum atomic E-state index is 12.0. The lowest BCUT2D eigenvalue weighted by atomic mass is 10.1. The summed E-state index contributed by atoms with van der Waals surface area (Å²) in [5.41, 5.74) is 2.17. The summed E-state index contributed by atoms with van der Waals surface area (Å²) in [6.07, 6.45) is 1.62. The van der Waals surface area contributed by atoms with Gasteiger partial charge in [0.2, 0.25) is 5.90 Å². The SMILES string of the molecule is COC(=O)c1ccc(/C=C2\N=C(c3ccccc3I)OC2=O)cc1. The van der Waals surface area contributed by atoms with E-state index < -0.39 is 11.9 Å². The van der Waals surface area contributed by atoms with Crippen LogP contribution in [0.25, 0.3) is 6.08 Å². The van der Waals surface area contributed by atoms with Gasteiger partial charge in [0, 0.05) is 3.57 Å². The van der Waals surface area contributed by atoms with Gasteiger partial charge in [0.1, 0.15) is 0 Å². The Morgan fingerprint density at radius 1 is 1.17 bits per heavy atom. The van der Waals surface area contributed by atoms with Gasteiger partial charge in [0.25, 0.3) is 0 Å². The summed E-state index contributed by atoms with van der Waals surface area (Å²) in [5.74, 6) is -0.613. The first kappa shape index (κ1) is 16.4. The Morgan fingerprint density at radius 3 is 2.54 bits per heavy atom. The highest BCUT2D eigenvalue weighted by Gasteiger charge is 2.25. The standard InChI is InChI=1S/C18H12INO4/c1-23-17(21)12-8-6-11(7-9-12)10-15-18(22)24-16(20-15)13-4-2-3-5-14(13)19/h2-10H,1H3/b15-10-. The van der Waals surface area contributed by atoms with Crippen LogP contribution < -0.4 is 0 Å². The van der Waals surface area contributed by atoms with E-state index in [-0.39, 0.29) is 5.70 Å². The Bertz CT molecular complexity index is 869. The Balaban J connectivity index is 1.89. The maximum Gasteiger partial charge on any atom is 0.363 e. The zero-order valence-corrected chi connectivity index (χ0v) is 14.8. The van der Waals surface area contributed by atoms with Gasteiger partial charge < -0.3 is 9.47 Å². The average Bonchev–Trinajstić information content (AvgIpc) is 2.95. The molecule has 2 aromatic carbocycles. The number of carbonyl (C=O) groups is 2. The van der Waals surface area contributed by atoms with Crippen molar-refractivity contribution in [1.82, 2.24) is 0 Å². The van der Waals surface area contributed by atoms with E-state index in [2.05, 4.69) is 32.3 Å². The minimum Gasteiger partial charge on any atom is -0.465 e. The maximum absolute atomic E-state index is 12.0. The van der Waals surface area contributed by atoms with Crippen LogP contribution in [0.2, 0.25) is 0 Å². The Morgan fingerprint density at radius 2 is 1.88 bits per heavy atom. The molecule has 120 valence electrons. The third kappa shape index (κ3) is 3.38. The fourth-order valence-corrected chi connectivity index (χ4v) is 2.77. The number of methoxy groups -OCH3 is 1. The minimum absolute atomic E-state index is 0.218. The quantitative estimate of drug-likeness (QED) is 0.423. The predicted octanol–water partition coefficient (Wildman–Crippen LogP) is 3.42. The molecule has 1 aliphatic heterocycles. The first-order chi connectivity index (χ1) is 11.6. The van der Waals surface area contributed by atoms with Crippen LogP contribution in [-0.4, -0.2) is 24.9 Å². The predicted molar refractivity (Wildman–Crippen MR) is 97.5 cm³/mol. The lowest BCUT2D eigenvalue weighted by molar-refractivity contribution is -0.129. The third-order valence-electron chi connectivity index (χ3n) is 3.36. The number of hydrogen-bond donors (Lipinski definition) is 0. The van der Waals surface area contributed by atoms with Gasteiger partial charge in [-0.2, -0.15) is 0 Å². The molecule has 1 heterocycles. The zero-order chi connectivity index (χ0) is 17.1. The first-order valence-electron chi connectivity index (χ1n) is 7.04. The normalized spacial score (nSPS) is 15.2. The molecule has 1 aliphatic rings. The molecule has 0 bridgehead atoms. The van der Waals surface area contributed by atoms with Gasteiger partial charge >= 0.3 is 11.9 Å². The van der Waals surface area contributed by atoms with Crippen molar-refractivity contribution in [3.8, 4) is 0 Å². The molecule has 0 fully saturated rings. The van der Waals surface area contributed by atoms with Crippen LogP contribution in [0.1, 0.15) is 21.5 Å². The van der Waals surface area contributed by atoms with Gasteiger partial charge in [0.15, 0.2) is 5.70 Å². The van der Waals surface area contributed by atoms with Gasteiger partial charge in [-0.15, -0.1) is 0 Å². The topological polar surface area (TPSA) is 65.0 Å². The van der Waals surface area contributed by atoms with Crippen LogP contribution in [-0.2, 0) is 14.3 Å². The van der Waals surface area contributed by atoms with Crippen LogP contribution in [0, 0.1) is 3.57 Å². The molecular formula is C18H12INO4. The molecule has 6 heteroatoms. The van der Waals surface area contributed by atoms with Crippen molar-refractivity contribution in [3.63, 3.8) is 0 Å². The number of ether oxygens (including phenoxy) is 2. The van der Waals surface area contributed by atoms with Crippen molar-refractivity contribution in [2.24, 2.45) is 4.99 Å². The van der Waals surface area contributed by atoms with E-state index >= 15 is 0 Å². The monoisotopic (exact) mass is 433 g/mol. The summed E-state index contributed by atoms with van der Waals surface area (Å²) in [4.78, 5) is 27.7. The van der Waals surface area contributed by atoms with Crippen molar-refractivity contribution in [2.75, 3.05) is 7.11 Å². The average molecular weight is 433 g/mol. The molecule has 0 spiro atoms. The van der Waals surface area contributed by atoms with Gasteiger partial charge in [-0.05, 0) is 58.5 Å². The van der Waals surface area contributed by atoms with Gasteiger partial charge in [-0.25, -0.2) is 14.6 Å². The van der Waals surface area contributed by atoms with Crippen molar-refractivity contribution in [3.05, 3.63) is 74.5 Å². The first-order valence-corrected chi connectivity index (χ1v) is 8.12. The van der Waals surface area contributed by atoms with Crippen LogP contribution in [0.3, 0.4) is 0 Å². The number of hydrogen-bond acceptors (Lipinski definition) is 5. The van der Waals surface area contributed by atoms with Crippen LogP contribution in [0.15, 0.2) is 59.2 Å². The molecule has 0 amide bonds. The second-order valence-electron chi connectivity index (χ2n) is 4.93. The molecule has 2 aromatic rings. The molecule has 24 heavy (non-hydrogen) atoms. The van der Waals surface area contributed by atoms with E-state index in [9.17, 15) is 9.59 Å². The highest BCUT2D eigenvalue weighted by atomic mass is 127. The van der Waals surface area contributed by atoms with Gasteiger partial charge in [-0.1, -0.05) is 24.3 Å². The fourth-order valence-electron chi connectivity index (χ4n) is 2.15. The molecule has 0 saturated carbocycles. The summed E-state index contributed by atoms with van der Waals surface area (Å²) in [5, 5.41) is 0. The van der Waals surface area contributed by atoms with E-state index in [4.69, 9.17) is 4.74 Å². The largest absolute Gasteiger partial charge is 0.465 e. The summed E-state index contributed by atoms with van der Waals surface area (Å²) >= 11 is 2.17. The molecule has 0 aliphatic carbocycles. The summed E-state index contributed by atoms with van der Waals surface area (Å²) in [6.45, 7) is 0. The minimum atomic E-state index is -0.498.